The Hall–Kier alpha value is -2.01. The number of hydrogen-bond acceptors (Lipinski definition) is 4. The normalized spacial score (nSPS) is 10.6. The molecule has 2 aromatic heterocycles. The lowest BCUT2D eigenvalue weighted by Crippen LogP contribution is -2.12. The molecule has 0 fully saturated rings. The van der Waals surface area contributed by atoms with Crippen LogP contribution in [0.25, 0.3) is 11.3 Å². The molecule has 0 saturated carbocycles. The van der Waals surface area contributed by atoms with Gasteiger partial charge in [0.15, 0.2) is 0 Å². The van der Waals surface area contributed by atoms with E-state index in [9.17, 15) is 4.79 Å². The Morgan fingerprint density at radius 3 is 3.00 bits per heavy atom. The van der Waals surface area contributed by atoms with Gasteiger partial charge in [-0.1, -0.05) is 0 Å². The standard InChI is InChI=1S/C13H15N3O2/c1-3-18-8-12-15-11(6-13(17)16-12)10-7-14-5-4-9(10)2/h4-7H,3,8H2,1-2H3,(H,15,16,17). The molecule has 2 rings (SSSR count). The van der Waals surface area contributed by atoms with Crippen molar-refractivity contribution in [2.45, 2.75) is 20.5 Å². The van der Waals surface area contributed by atoms with E-state index in [1.165, 1.54) is 6.07 Å². The van der Waals surface area contributed by atoms with E-state index in [4.69, 9.17) is 4.74 Å². The number of aromatic nitrogens is 3. The second-order valence-corrected chi connectivity index (χ2v) is 3.91. The summed E-state index contributed by atoms with van der Waals surface area (Å²) in [5.74, 6) is 0.530. The van der Waals surface area contributed by atoms with Crippen molar-refractivity contribution in [3.05, 3.63) is 46.3 Å². The van der Waals surface area contributed by atoms with E-state index in [0.717, 1.165) is 11.1 Å². The van der Waals surface area contributed by atoms with Gasteiger partial charge in [-0.15, -0.1) is 0 Å². The van der Waals surface area contributed by atoms with Gasteiger partial charge in [0.1, 0.15) is 12.4 Å². The minimum absolute atomic E-state index is 0.182. The van der Waals surface area contributed by atoms with E-state index in [0.29, 0.717) is 24.7 Å². The van der Waals surface area contributed by atoms with Gasteiger partial charge in [0, 0.05) is 30.6 Å². The fraction of sp³-hybridized carbons (Fsp3) is 0.308. The van der Waals surface area contributed by atoms with Gasteiger partial charge >= 0.3 is 0 Å². The summed E-state index contributed by atoms with van der Waals surface area (Å²) in [6.07, 6.45) is 3.43. The molecule has 94 valence electrons. The highest BCUT2D eigenvalue weighted by Gasteiger charge is 2.06. The van der Waals surface area contributed by atoms with Gasteiger partial charge in [0.2, 0.25) is 0 Å². The molecule has 0 saturated heterocycles. The van der Waals surface area contributed by atoms with Gasteiger partial charge in [0.25, 0.3) is 5.56 Å². The monoisotopic (exact) mass is 245 g/mol. The predicted octanol–water partition coefficient (Wildman–Crippen LogP) is 1.68. The van der Waals surface area contributed by atoms with Gasteiger partial charge in [-0.25, -0.2) is 4.98 Å². The van der Waals surface area contributed by atoms with E-state index < -0.39 is 0 Å². The van der Waals surface area contributed by atoms with Gasteiger partial charge in [-0.05, 0) is 25.5 Å². The van der Waals surface area contributed by atoms with Gasteiger partial charge < -0.3 is 9.72 Å². The molecular formula is C13H15N3O2. The fourth-order valence-electron chi connectivity index (χ4n) is 1.65. The molecule has 1 N–H and O–H groups in total. The Balaban J connectivity index is 2.42. The van der Waals surface area contributed by atoms with Crippen LogP contribution in [0.5, 0.6) is 0 Å². The summed E-state index contributed by atoms with van der Waals surface area (Å²) < 4.78 is 5.25. The van der Waals surface area contributed by atoms with Crippen molar-refractivity contribution in [3.8, 4) is 11.3 Å². The maximum atomic E-state index is 11.6. The van der Waals surface area contributed by atoms with Crippen LogP contribution in [0.3, 0.4) is 0 Å². The molecule has 0 unspecified atom stereocenters. The maximum absolute atomic E-state index is 11.6. The molecule has 0 spiro atoms. The molecule has 0 amide bonds. The molecular weight excluding hydrogens is 230 g/mol. The molecule has 0 aliphatic rings. The minimum Gasteiger partial charge on any atom is -0.374 e. The number of rotatable bonds is 4. The second-order valence-electron chi connectivity index (χ2n) is 3.91. The smallest absolute Gasteiger partial charge is 0.251 e. The van der Waals surface area contributed by atoms with Gasteiger partial charge in [-0.3, -0.25) is 9.78 Å². The molecule has 5 heteroatoms. The van der Waals surface area contributed by atoms with E-state index in [-0.39, 0.29) is 5.56 Å². The first kappa shape index (κ1) is 12.4. The van der Waals surface area contributed by atoms with Crippen molar-refractivity contribution in [2.24, 2.45) is 0 Å². The van der Waals surface area contributed by atoms with E-state index >= 15 is 0 Å². The van der Waals surface area contributed by atoms with Gasteiger partial charge in [0.05, 0.1) is 5.69 Å². The average molecular weight is 245 g/mol. The van der Waals surface area contributed by atoms with Gasteiger partial charge in [-0.2, -0.15) is 0 Å². The molecule has 0 aliphatic heterocycles. The molecule has 0 bridgehead atoms. The molecule has 0 aliphatic carbocycles. The third-order valence-electron chi connectivity index (χ3n) is 2.55. The lowest BCUT2D eigenvalue weighted by Gasteiger charge is -2.06. The first-order valence-electron chi connectivity index (χ1n) is 5.79. The molecule has 2 aromatic rings. The lowest BCUT2D eigenvalue weighted by molar-refractivity contribution is 0.128. The zero-order valence-corrected chi connectivity index (χ0v) is 10.4. The van der Waals surface area contributed by atoms with Crippen LogP contribution in [0.4, 0.5) is 0 Å². The van der Waals surface area contributed by atoms with E-state index in [1.54, 1.807) is 12.4 Å². The third kappa shape index (κ3) is 2.81. The highest BCUT2D eigenvalue weighted by molar-refractivity contribution is 5.61. The number of nitrogens with one attached hydrogen (secondary N) is 1. The van der Waals surface area contributed by atoms with Crippen LogP contribution in [0.1, 0.15) is 18.3 Å². The highest BCUT2D eigenvalue weighted by Crippen LogP contribution is 2.18. The summed E-state index contributed by atoms with van der Waals surface area (Å²) in [6, 6.07) is 3.36. The van der Waals surface area contributed by atoms with Crippen LogP contribution in [-0.2, 0) is 11.3 Å². The molecule has 0 aromatic carbocycles. The number of aryl methyl sites for hydroxylation is 1. The molecule has 0 radical (unpaired) electrons. The van der Waals surface area contributed by atoms with Crippen LogP contribution in [0.15, 0.2) is 29.3 Å². The van der Waals surface area contributed by atoms with E-state index in [1.807, 2.05) is 19.9 Å². The Morgan fingerprint density at radius 2 is 2.28 bits per heavy atom. The Labute approximate surface area is 105 Å². The predicted molar refractivity (Wildman–Crippen MR) is 68.2 cm³/mol. The zero-order chi connectivity index (χ0) is 13.0. The lowest BCUT2D eigenvalue weighted by atomic mass is 10.1. The summed E-state index contributed by atoms with van der Waals surface area (Å²) in [5, 5.41) is 0. The molecule has 5 nitrogen and oxygen atoms in total. The van der Waals surface area contributed by atoms with Crippen molar-refractivity contribution in [1.29, 1.82) is 0 Å². The highest BCUT2D eigenvalue weighted by atomic mass is 16.5. The Morgan fingerprint density at radius 1 is 1.44 bits per heavy atom. The average Bonchev–Trinajstić information content (AvgIpc) is 2.36. The van der Waals surface area contributed by atoms with Crippen molar-refractivity contribution in [3.63, 3.8) is 0 Å². The number of ether oxygens (including phenoxy) is 1. The van der Waals surface area contributed by atoms with Crippen LogP contribution < -0.4 is 5.56 Å². The van der Waals surface area contributed by atoms with Crippen molar-refractivity contribution in [2.75, 3.05) is 6.61 Å². The number of hydrogen-bond donors (Lipinski definition) is 1. The molecule has 0 atom stereocenters. The quantitative estimate of drug-likeness (QED) is 0.889. The largest absolute Gasteiger partial charge is 0.374 e. The van der Waals surface area contributed by atoms with Crippen LogP contribution in [0.2, 0.25) is 0 Å². The zero-order valence-electron chi connectivity index (χ0n) is 10.4. The van der Waals surface area contributed by atoms with E-state index in [2.05, 4.69) is 15.0 Å². The summed E-state index contributed by atoms with van der Waals surface area (Å²) >= 11 is 0. The van der Waals surface area contributed by atoms with Crippen molar-refractivity contribution >= 4 is 0 Å². The third-order valence-corrected chi connectivity index (χ3v) is 2.55. The minimum atomic E-state index is -0.182. The summed E-state index contributed by atoms with van der Waals surface area (Å²) in [5.41, 5.74) is 2.34. The topological polar surface area (TPSA) is 67.9 Å². The summed E-state index contributed by atoms with van der Waals surface area (Å²) in [4.78, 5) is 22.7. The number of nitrogens with zero attached hydrogens (tertiary/aromatic N) is 2. The number of pyridine rings is 1. The Bertz CT molecular complexity index is 593. The SMILES string of the molecule is CCOCc1nc(-c2cnccc2C)cc(=O)[nH]1. The van der Waals surface area contributed by atoms with Crippen LogP contribution in [-0.4, -0.2) is 21.6 Å². The Kier molecular flexibility index (Phi) is 3.84. The first-order valence-corrected chi connectivity index (χ1v) is 5.79. The number of aromatic amines is 1. The van der Waals surface area contributed by atoms with Crippen molar-refractivity contribution < 1.29 is 4.74 Å². The van der Waals surface area contributed by atoms with Crippen LogP contribution >= 0.6 is 0 Å². The molecule has 2 heterocycles. The summed E-state index contributed by atoms with van der Waals surface area (Å²) in [6.45, 7) is 4.74. The van der Waals surface area contributed by atoms with Crippen molar-refractivity contribution in [1.82, 2.24) is 15.0 Å². The van der Waals surface area contributed by atoms with Crippen LogP contribution in [0, 0.1) is 6.92 Å². The molecule has 18 heavy (non-hydrogen) atoms. The summed E-state index contributed by atoms with van der Waals surface area (Å²) in [7, 11) is 0. The second kappa shape index (κ2) is 5.55. The first-order chi connectivity index (χ1) is 8.70. The number of H-pyrrole nitrogens is 1. The fourth-order valence-corrected chi connectivity index (χ4v) is 1.65. The maximum Gasteiger partial charge on any atom is 0.251 e.